The van der Waals surface area contributed by atoms with Crippen LogP contribution in [0.3, 0.4) is 0 Å². The van der Waals surface area contributed by atoms with Crippen LogP contribution < -0.4 is 4.74 Å². The summed E-state index contributed by atoms with van der Waals surface area (Å²) in [6, 6.07) is 9.24. The van der Waals surface area contributed by atoms with Crippen molar-refractivity contribution < 1.29 is 18.3 Å². The molecule has 0 saturated carbocycles. The number of benzene rings is 1. The summed E-state index contributed by atoms with van der Waals surface area (Å²) in [5.74, 6) is 0.995. The molecule has 0 radical (unpaired) electrons. The Morgan fingerprint density at radius 2 is 1.91 bits per heavy atom. The largest absolute Gasteiger partial charge is 0.486 e. The number of carbonyl (C=O) groups excluding carboxylic acids is 1. The van der Waals surface area contributed by atoms with Crippen molar-refractivity contribution in [1.29, 1.82) is 0 Å². The molecule has 0 N–H and O–H groups in total. The lowest BCUT2D eigenvalue weighted by Gasteiger charge is -2.21. The quantitative estimate of drug-likeness (QED) is 0.501. The molecule has 0 bridgehead atoms. The molecule has 33 heavy (non-hydrogen) atoms. The van der Waals surface area contributed by atoms with Crippen LogP contribution in [0.1, 0.15) is 54.2 Å². The van der Waals surface area contributed by atoms with Crippen LogP contribution in [0.5, 0.6) is 5.75 Å². The summed E-state index contributed by atoms with van der Waals surface area (Å²) in [5, 5.41) is 3.30. The van der Waals surface area contributed by atoms with Gasteiger partial charge in [0.15, 0.2) is 5.76 Å². The second kappa shape index (κ2) is 10.1. The van der Waals surface area contributed by atoms with E-state index in [1.54, 1.807) is 35.6 Å². The van der Waals surface area contributed by atoms with Crippen molar-refractivity contribution in [3.05, 3.63) is 69.8 Å². The highest BCUT2D eigenvalue weighted by Gasteiger charge is 2.24. The number of aromatic nitrogens is 1. The van der Waals surface area contributed by atoms with Gasteiger partial charge in [0.25, 0.3) is 5.91 Å². The lowest BCUT2D eigenvalue weighted by molar-refractivity contribution is 0.0725. The van der Waals surface area contributed by atoms with Crippen LogP contribution in [0.4, 0.5) is 4.39 Å². The van der Waals surface area contributed by atoms with Gasteiger partial charge in [-0.1, -0.05) is 20.8 Å². The van der Waals surface area contributed by atoms with E-state index in [2.05, 4.69) is 31.1 Å². The summed E-state index contributed by atoms with van der Waals surface area (Å²) < 4.78 is 24.3. The average Bonchev–Trinajstić information content (AvgIpc) is 3.39. The third-order valence-corrected chi connectivity index (χ3v) is 6.84. The molecule has 1 aromatic carbocycles. The second-order valence-electron chi connectivity index (χ2n) is 9.32. The van der Waals surface area contributed by atoms with Gasteiger partial charge in [-0.2, -0.15) is 0 Å². The van der Waals surface area contributed by atoms with Gasteiger partial charge in [0.2, 0.25) is 0 Å². The van der Waals surface area contributed by atoms with Crippen LogP contribution in [0.2, 0.25) is 0 Å². The number of hydrogen-bond acceptors (Lipinski definition) is 6. The Morgan fingerprint density at radius 1 is 1.12 bits per heavy atom. The first-order chi connectivity index (χ1) is 15.8. The molecule has 0 unspecified atom stereocenters. The first kappa shape index (κ1) is 23.4. The van der Waals surface area contributed by atoms with E-state index in [1.165, 1.54) is 12.1 Å². The molecule has 0 atom stereocenters. The summed E-state index contributed by atoms with van der Waals surface area (Å²) in [5.41, 5.74) is 1.16. The van der Waals surface area contributed by atoms with Gasteiger partial charge in [0.1, 0.15) is 23.9 Å². The van der Waals surface area contributed by atoms with Gasteiger partial charge in [0, 0.05) is 43.5 Å². The summed E-state index contributed by atoms with van der Waals surface area (Å²) in [4.78, 5) is 22.0. The number of ether oxygens (including phenoxy) is 1. The zero-order chi connectivity index (χ0) is 23.4. The van der Waals surface area contributed by atoms with Gasteiger partial charge in [-0.3, -0.25) is 9.69 Å². The molecule has 176 valence electrons. The highest BCUT2D eigenvalue weighted by molar-refractivity contribution is 7.09. The lowest BCUT2D eigenvalue weighted by atomic mass is 9.98. The molecule has 1 amide bonds. The van der Waals surface area contributed by atoms with Crippen LogP contribution in [-0.4, -0.2) is 46.9 Å². The van der Waals surface area contributed by atoms with Crippen LogP contribution in [0.25, 0.3) is 0 Å². The average molecular weight is 472 g/mol. The maximum Gasteiger partial charge on any atom is 0.289 e. The van der Waals surface area contributed by atoms with Crippen molar-refractivity contribution in [3.8, 4) is 5.75 Å². The smallest absolute Gasteiger partial charge is 0.289 e. The van der Waals surface area contributed by atoms with Crippen molar-refractivity contribution in [2.75, 3.05) is 26.2 Å². The molecule has 4 rings (SSSR count). The molecule has 1 saturated heterocycles. The number of amides is 1. The molecule has 8 heteroatoms. The van der Waals surface area contributed by atoms with Gasteiger partial charge in [0.05, 0.1) is 10.7 Å². The molecule has 1 aliphatic heterocycles. The maximum absolute atomic E-state index is 13.0. The third-order valence-electron chi connectivity index (χ3n) is 5.52. The Bertz CT molecular complexity index is 1070. The Hall–Kier alpha value is -2.71. The second-order valence-corrected chi connectivity index (χ2v) is 10.2. The fraction of sp³-hybridized carbons (Fsp3) is 0.440. The molecule has 3 aromatic rings. The Morgan fingerprint density at radius 3 is 2.64 bits per heavy atom. The molecular weight excluding hydrogens is 441 g/mol. The van der Waals surface area contributed by atoms with Gasteiger partial charge in [-0.05, 0) is 42.8 Å². The molecular formula is C25H30FN3O3S. The topological polar surface area (TPSA) is 58.8 Å². The predicted molar refractivity (Wildman–Crippen MR) is 126 cm³/mol. The van der Waals surface area contributed by atoms with Gasteiger partial charge >= 0.3 is 0 Å². The summed E-state index contributed by atoms with van der Waals surface area (Å²) in [6.07, 6.45) is 0.906. The van der Waals surface area contributed by atoms with Crippen LogP contribution in [-0.2, 0) is 18.6 Å². The first-order valence-electron chi connectivity index (χ1n) is 11.2. The van der Waals surface area contributed by atoms with Crippen molar-refractivity contribution in [1.82, 2.24) is 14.8 Å². The Labute approximate surface area is 198 Å². The zero-order valence-corrected chi connectivity index (χ0v) is 20.2. The SMILES string of the molecule is CC(C)(C)c1nc(CN2CCCN(C(=O)c3ccc(COc4ccc(F)cc4)o3)CC2)cs1. The highest BCUT2D eigenvalue weighted by Crippen LogP contribution is 2.26. The predicted octanol–water partition coefficient (Wildman–Crippen LogP) is 5.10. The van der Waals surface area contributed by atoms with Crippen molar-refractivity contribution in [3.63, 3.8) is 0 Å². The molecule has 1 aliphatic rings. The minimum absolute atomic E-state index is 0.0663. The van der Waals surface area contributed by atoms with E-state index >= 15 is 0 Å². The zero-order valence-electron chi connectivity index (χ0n) is 19.3. The molecule has 0 spiro atoms. The number of rotatable bonds is 6. The van der Waals surface area contributed by atoms with Crippen molar-refractivity contribution in [2.24, 2.45) is 0 Å². The van der Waals surface area contributed by atoms with E-state index in [-0.39, 0.29) is 23.7 Å². The molecule has 6 nitrogen and oxygen atoms in total. The minimum Gasteiger partial charge on any atom is -0.486 e. The maximum atomic E-state index is 13.0. The van der Waals surface area contributed by atoms with E-state index in [9.17, 15) is 9.18 Å². The highest BCUT2D eigenvalue weighted by atomic mass is 32.1. The lowest BCUT2D eigenvalue weighted by Crippen LogP contribution is -2.35. The number of nitrogens with zero attached hydrogens (tertiary/aromatic N) is 3. The third kappa shape index (κ3) is 6.21. The van der Waals surface area contributed by atoms with Gasteiger partial charge in [-0.15, -0.1) is 11.3 Å². The standard InChI is InChI=1S/C25H30FN3O3S/c1-25(2,3)24-27-19(17-33-24)15-28-11-4-12-29(14-13-28)23(30)22-10-9-21(32-22)16-31-20-7-5-18(26)6-8-20/h5-10,17H,4,11-16H2,1-3H3. The number of carbonyl (C=O) groups is 1. The number of furan rings is 1. The normalized spacial score (nSPS) is 15.5. The van der Waals surface area contributed by atoms with Crippen molar-refractivity contribution in [2.45, 2.75) is 45.8 Å². The molecule has 3 heterocycles. The van der Waals surface area contributed by atoms with Crippen LogP contribution in [0, 0.1) is 5.82 Å². The van der Waals surface area contributed by atoms with Gasteiger partial charge in [-0.25, -0.2) is 9.37 Å². The molecule has 0 aliphatic carbocycles. The number of thiazole rings is 1. The monoisotopic (exact) mass is 471 g/mol. The Kier molecular flexibility index (Phi) is 7.14. The van der Waals surface area contributed by atoms with E-state index in [4.69, 9.17) is 14.1 Å². The van der Waals surface area contributed by atoms with E-state index in [1.807, 2.05) is 4.90 Å². The van der Waals surface area contributed by atoms with Crippen molar-refractivity contribution >= 4 is 17.2 Å². The summed E-state index contributed by atoms with van der Waals surface area (Å²) >= 11 is 1.72. The summed E-state index contributed by atoms with van der Waals surface area (Å²) in [6.45, 7) is 10.6. The number of halogens is 1. The molecule has 2 aromatic heterocycles. The van der Waals surface area contributed by atoms with Gasteiger partial charge < -0.3 is 14.1 Å². The molecule has 1 fully saturated rings. The van der Waals surface area contributed by atoms with Crippen LogP contribution in [0.15, 0.2) is 46.2 Å². The minimum atomic E-state index is -0.314. The van der Waals surface area contributed by atoms with Crippen LogP contribution >= 0.6 is 11.3 Å². The van der Waals surface area contributed by atoms with E-state index in [0.29, 0.717) is 30.4 Å². The fourth-order valence-corrected chi connectivity index (χ4v) is 4.60. The fourth-order valence-electron chi connectivity index (χ4n) is 3.70. The first-order valence-corrected chi connectivity index (χ1v) is 12.1. The number of hydrogen-bond donors (Lipinski definition) is 0. The van der Waals surface area contributed by atoms with E-state index < -0.39 is 0 Å². The summed E-state index contributed by atoms with van der Waals surface area (Å²) in [7, 11) is 0. The Balaban J connectivity index is 1.29. The van der Waals surface area contributed by atoms with E-state index in [0.717, 1.165) is 36.8 Å².